The van der Waals surface area contributed by atoms with Crippen molar-refractivity contribution in [1.82, 2.24) is 4.57 Å². The number of hydrogen-bond donors (Lipinski definition) is 0. The normalized spacial score (nSPS) is 13.5. The van der Waals surface area contributed by atoms with Crippen molar-refractivity contribution in [1.29, 1.82) is 0 Å². The molecule has 0 atom stereocenters. The Morgan fingerprint density at radius 2 is 1.20 bits per heavy atom. The van der Waals surface area contributed by atoms with Gasteiger partial charge in [-0.15, -0.1) is 11.3 Å². The fraction of sp³-hybridized carbons (Fsp3) is 0.0612. The quantitative estimate of drug-likeness (QED) is 0.177. The summed E-state index contributed by atoms with van der Waals surface area (Å²) >= 11 is 1.91. The van der Waals surface area contributed by atoms with E-state index < -0.39 is 0 Å². The highest BCUT2D eigenvalue weighted by Crippen LogP contribution is 2.52. The van der Waals surface area contributed by atoms with E-state index in [2.05, 4.69) is 182 Å². The first-order chi connectivity index (χ1) is 25.0. The second kappa shape index (κ2) is 10.5. The first-order valence-corrected chi connectivity index (χ1v) is 18.6. The molecular formula is C49H33NS. The van der Waals surface area contributed by atoms with E-state index in [1.54, 1.807) is 0 Å². The van der Waals surface area contributed by atoms with Gasteiger partial charge in [-0.2, -0.15) is 0 Å². The van der Waals surface area contributed by atoms with Crippen LogP contribution in [0.15, 0.2) is 164 Å². The van der Waals surface area contributed by atoms with Crippen LogP contribution in [0.1, 0.15) is 25.0 Å². The van der Waals surface area contributed by atoms with Gasteiger partial charge in [-0.05, 0) is 91.7 Å². The van der Waals surface area contributed by atoms with Crippen molar-refractivity contribution in [3.05, 3.63) is 175 Å². The van der Waals surface area contributed by atoms with Gasteiger partial charge < -0.3 is 4.57 Å². The zero-order chi connectivity index (χ0) is 33.8. The predicted molar refractivity (Wildman–Crippen MR) is 220 cm³/mol. The average Bonchev–Trinajstić information content (AvgIpc) is 3.79. The minimum atomic E-state index is -0.0629. The Morgan fingerprint density at radius 1 is 0.451 bits per heavy atom. The van der Waals surface area contributed by atoms with Crippen molar-refractivity contribution in [3.63, 3.8) is 0 Å². The summed E-state index contributed by atoms with van der Waals surface area (Å²) in [4.78, 5) is 0. The third-order valence-electron chi connectivity index (χ3n) is 11.4. The van der Waals surface area contributed by atoms with Crippen LogP contribution in [-0.4, -0.2) is 4.57 Å². The molecule has 2 aromatic heterocycles. The van der Waals surface area contributed by atoms with Gasteiger partial charge in [0.1, 0.15) is 0 Å². The van der Waals surface area contributed by atoms with Crippen LogP contribution in [0, 0.1) is 0 Å². The van der Waals surface area contributed by atoms with Crippen molar-refractivity contribution in [2.24, 2.45) is 0 Å². The largest absolute Gasteiger partial charge is 0.309 e. The van der Waals surface area contributed by atoms with Crippen LogP contribution >= 0.6 is 11.3 Å². The molecule has 51 heavy (non-hydrogen) atoms. The number of rotatable bonds is 3. The van der Waals surface area contributed by atoms with Gasteiger partial charge in [-0.3, -0.25) is 0 Å². The molecule has 8 aromatic carbocycles. The molecule has 2 heterocycles. The molecule has 0 N–H and O–H groups in total. The average molecular weight is 668 g/mol. The highest BCUT2D eigenvalue weighted by molar-refractivity contribution is 7.26. The number of thiophene rings is 1. The Bertz CT molecular complexity index is 3030. The maximum absolute atomic E-state index is 2.45. The minimum Gasteiger partial charge on any atom is -0.309 e. The third kappa shape index (κ3) is 4.08. The molecule has 1 aliphatic carbocycles. The lowest BCUT2D eigenvalue weighted by Gasteiger charge is -2.22. The molecule has 1 nitrogen and oxygen atoms in total. The molecule has 1 aliphatic rings. The van der Waals surface area contributed by atoms with E-state index in [9.17, 15) is 0 Å². The van der Waals surface area contributed by atoms with Gasteiger partial charge in [0.2, 0.25) is 0 Å². The highest BCUT2D eigenvalue weighted by atomic mass is 32.1. The van der Waals surface area contributed by atoms with Crippen LogP contribution < -0.4 is 0 Å². The van der Waals surface area contributed by atoms with Gasteiger partial charge in [-0.25, -0.2) is 0 Å². The summed E-state index contributed by atoms with van der Waals surface area (Å²) in [6, 6.07) is 60.9. The number of aromatic nitrogens is 1. The number of hydrogen-bond acceptors (Lipinski definition) is 1. The fourth-order valence-electron chi connectivity index (χ4n) is 8.87. The van der Waals surface area contributed by atoms with Crippen LogP contribution in [0.2, 0.25) is 0 Å². The van der Waals surface area contributed by atoms with Crippen LogP contribution in [0.4, 0.5) is 0 Å². The van der Waals surface area contributed by atoms with Crippen molar-refractivity contribution >= 4 is 64.1 Å². The van der Waals surface area contributed by atoms with E-state index in [-0.39, 0.29) is 5.41 Å². The zero-order valence-corrected chi connectivity index (χ0v) is 29.3. The molecule has 0 saturated carbocycles. The highest BCUT2D eigenvalue weighted by Gasteiger charge is 2.36. The number of para-hydroxylation sites is 1. The molecule has 0 saturated heterocycles. The van der Waals surface area contributed by atoms with Crippen molar-refractivity contribution in [3.8, 4) is 39.1 Å². The second-order valence-electron chi connectivity index (χ2n) is 14.5. The predicted octanol–water partition coefficient (Wildman–Crippen LogP) is 13.9. The maximum atomic E-state index is 2.45. The SMILES string of the molecule is CC1(C)c2cc(-c3ccc(-n4c5ccccc5c5cc6sc7c(-c8ccccc8)cccc7c6cc54)cc3)ccc2-c2c1ccc1ccccc21. The lowest BCUT2D eigenvalue weighted by Crippen LogP contribution is -2.15. The van der Waals surface area contributed by atoms with Gasteiger partial charge in [0, 0.05) is 42.0 Å². The molecule has 10 aromatic rings. The second-order valence-corrected chi connectivity index (χ2v) is 15.6. The standard InChI is InChI=1S/C49H33NS/c1-49(2)42-26-22-32-13-6-7-14-35(32)47(42)39-25-21-33(27-43(39)49)30-19-23-34(24-20-30)50-44-18-9-8-15-37(44)40-29-46-41(28-45(40)50)38-17-10-16-36(48(38)51-46)31-11-4-3-5-12-31/h3-29H,1-2H3. The molecule has 240 valence electrons. The van der Waals surface area contributed by atoms with Crippen molar-refractivity contribution in [2.75, 3.05) is 0 Å². The van der Waals surface area contributed by atoms with E-state index in [1.165, 1.54) is 103 Å². The molecule has 0 spiro atoms. The summed E-state index contributed by atoms with van der Waals surface area (Å²) < 4.78 is 5.13. The molecular weight excluding hydrogens is 635 g/mol. The monoisotopic (exact) mass is 667 g/mol. The third-order valence-corrected chi connectivity index (χ3v) is 12.6. The van der Waals surface area contributed by atoms with Crippen LogP contribution in [0.5, 0.6) is 0 Å². The first-order valence-electron chi connectivity index (χ1n) is 17.8. The number of nitrogens with zero attached hydrogens (tertiary/aromatic N) is 1. The number of fused-ring (bicyclic) bond motifs is 11. The van der Waals surface area contributed by atoms with Gasteiger partial charge >= 0.3 is 0 Å². The van der Waals surface area contributed by atoms with Crippen LogP contribution in [0.25, 0.3) is 91.8 Å². The topological polar surface area (TPSA) is 4.93 Å². The van der Waals surface area contributed by atoms with Crippen LogP contribution in [-0.2, 0) is 5.41 Å². The molecule has 0 aliphatic heterocycles. The van der Waals surface area contributed by atoms with E-state index in [0.717, 1.165) is 0 Å². The Labute approximate surface area is 300 Å². The Balaban J connectivity index is 1.05. The van der Waals surface area contributed by atoms with E-state index in [4.69, 9.17) is 0 Å². The molecule has 11 rings (SSSR count). The minimum absolute atomic E-state index is 0.0629. The van der Waals surface area contributed by atoms with Gasteiger partial charge in [0.15, 0.2) is 0 Å². The molecule has 0 fully saturated rings. The lowest BCUT2D eigenvalue weighted by atomic mass is 9.81. The molecule has 2 heteroatoms. The van der Waals surface area contributed by atoms with Crippen molar-refractivity contribution in [2.45, 2.75) is 19.3 Å². The number of benzene rings is 8. The van der Waals surface area contributed by atoms with Gasteiger partial charge in [-0.1, -0.05) is 141 Å². The summed E-state index contributed by atoms with van der Waals surface area (Å²) in [5, 5.41) is 7.86. The van der Waals surface area contributed by atoms with Crippen LogP contribution in [0.3, 0.4) is 0 Å². The summed E-state index contributed by atoms with van der Waals surface area (Å²) in [5.41, 5.74) is 14.2. The Kier molecular flexibility index (Phi) is 5.95. The Morgan fingerprint density at radius 3 is 2.06 bits per heavy atom. The molecule has 0 amide bonds. The summed E-state index contributed by atoms with van der Waals surface area (Å²) in [6.45, 7) is 4.75. The summed E-state index contributed by atoms with van der Waals surface area (Å²) in [6.07, 6.45) is 0. The van der Waals surface area contributed by atoms with Gasteiger partial charge in [0.05, 0.1) is 11.0 Å². The smallest absolute Gasteiger partial charge is 0.0548 e. The molecule has 0 radical (unpaired) electrons. The van der Waals surface area contributed by atoms with E-state index in [0.29, 0.717) is 0 Å². The Hall–Kier alpha value is -5.96. The zero-order valence-electron chi connectivity index (χ0n) is 28.4. The van der Waals surface area contributed by atoms with E-state index in [1.807, 2.05) is 11.3 Å². The van der Waals surface area contributed by atoms with Gasteiger partial charge in [0.25, 0.3) is 0 Å². The first kappa shape index (κ1) is 28.8. The summed E-state index contributed by atoms with van der Waals surface area (Å²) in [5.74, 6) is 0. The fourth-order valence-corrected chi connectivity index (χ4v) is 10.1. The molecule has 0 unspecified atom stereocenters. The van der Waals surface area contributed by atoms with Crippen molar-refractivity contribution < 1.29 is 0 Å². The lowest BCUT2D eigenvalue weighted by molar-refractivity contribution is 0.661. The molecule has 0 bridgehead atoms. The maximum Gasteiger partial charge on any atom is 0.0548 e. The van der Waals surface area contributed by atoms with E-state index >= 15 is 0 Å². The summed E-state index contributed by atoms with van der Waals surface area (Å²) in [7, 11) is 0.